The van der Waals surface area contributed by atoms with Gasteiger partial charge in [-0.25, -0.2) is 0 Å². The molecule has 0 aliphatic heterocycles. The van der Waals surface area contributed by atoms with Gasteiger partial charge in [0.1, 0.15) is 11.9 Å². The van der Waals surface area contributed by atoms with Gasteiger partial charge in [-0.15, -0.1) is 0 Å². The maximum atomic E-state index is 11.5. The summed E-state index contributed by atoms with van der Waals surface area (Å²) in [7, 11) is 0. The fraction of sp³-hybridized carbons (Fsp3) is 0.692. The van der Waals surface area contributed by atoms with Gasteiger partial charge in [0.15, 0.2) is 0 Å². The van der Waals surface area contributed by atoms with Gasteiger partial charge < -0.3 is 15.5 Å². The maximum absolute atomic E-state index is 11.5. The molecule has 3 N–H and O–H groups in total. The van der Waals surface area contributed by atoms with E-state index in [-0.39, 0.29) is 17.6 Å². The Kier molecular flexibility index (Phi) is 4.01. The highest BCUT2D eigenvalue weighted by atomic mass is 16.5. The van der Waals surface area contributed by atoms with Gasteiger partial charge in [-0.1, -0.05) is 13.8 Å². The van der Waals surface area contributed by atoms with E-state index in [0.717, 1.165) is 25.7 Å². The lowest BCUT2D eigenvalue weighted by molar-refractivity contribution is 0.140. The molecule has 1 fully saturated rings. The van der Waals surface area contributed by atoms with Crippen molar-refractivity contribution in [3.8, 4) is 5.88 Å². The summed E-state index contributed by atoms with van der Waals surface area (Å²) in [6, 6.07) is 1.71. The highest BCUT2D eigenvalue weighted by Gasteiger charge is 2.20. The number of rotatable bonds is 3. The molecule has 5 nitrogen and oxygen atoms in total. The molecule has 1 aliphatic rings. The van der Waals surface area contributed by atoms with Crippen molar-refractivity contribution in [1.82, 2.24) is 9.97 Å². The van der Waals surface area contributed by atoms with Crippen LogP contribution in [0.1, 0.15) is 51.3 Å². The number of nitrogens with one attached hydrogen (secondary N) is 1. The van der Waals surface area contributed by atoms with Crippen molar-refractivity contribution < 1.29 is 4.74 Å². The summed E-state index contributed by atoms with van der Waals surface area (Å²) in [5, 5.41) is 0. The zero-order chi connectivity index (χ0) is 13.1. The SMILES string of the molecule is CC(C)c1nc(OC2CCC(N)CC2)cc(=O)[nH]1. The van der Waals surface area contributed by atoms with Crippen LogP contribution in [-0.4, -0.2) is 22.1 Å². The number of aromatic nitrogens is 2. The van der Waals surface area contributed by atoms with Crippen molar-refractivity contribution in [2.45, 2.75) is 57.6 Å². The average molecular weight is 251 g/mol. The van der Waals surface area contributed by atoms with Crippen LogP contribution in [0, 0.1) is 0 Å². The zero-order valence-electron chi connectivity index (χ0n) is 11.0. The molecule has 0 saturated heterocycles. The lowest BCUT2D eigenvalue weighted by atomic mass is 9.94. The molecule has 100 valence electrons. The van der Waals surface area contributed by atoms with Crippen LogP contribution >= 0.6 is 0 Å². The smallest absolute Gasteiger partial charge is 0.254 e. The first-order valence-electron chi connectivity index (χ1n) is 6.58. The Morgan fingerprint density at radius 1 is 1.39 bits per heavy atom. The van der Waals surface area contributed by atoms with E-state index >= 15 is 0 Å². The summed E-state index contributed by atoms with van der Waals surface area (Å²) >= 11 is 0. The summed E-state index contributed by atoms with van der Waals surface area (Å²) in [5.41, 5.74) is 5.70. The fourth-order valence-corrected chi connectivity index (χ4v) is 2.16. The molecule has 0 atom stereocenters. The molecular weight excluding hydrogens is 230 g/mol. The molecule has 0 unspecified atom stereocenters. The molecule has 1 aromatic heterocycles. The average Bonchev–Trinajstić information content (AvgIpc) is 2.31. The quantitative estimate of drug-likeness (QED) is 0.854. The molecule has 1 aromatic rings. The molecule has 1 saturated carbocycles. The summed E-state index contributed by atoms with van der Waals surface area (Å²) in [6.45, 7) is 3.98. The van der Waals surface area contributed by atoms with Crippen molar-refractivity contribution >= 4 is 0 Å². The van der Waals surface area contributed by atoms with E-state index in [2.05, 4.69) is 9.97 Å². The summed E-state index contributed by atoms with van der Waals surface area (Å²) in [4.78, 5) is 18.6. The number of aromatic amines is 1. The standard InChI is InChI=1S/C13H21N3O2/c1-8(2)13-15-11(17)7-12(16-13)18-10-5-3-9(14)4-6-10/h7-10H,3-6,14H2,1-2H3,(H,15,16,17). The first-order valence-corrected chi connectivity index (χ1v) is 6.58. The largest absolute Gasteiger partial charge is 0.474 e. The topological polar surface area (TPSA) is 81.0 Å². The Balaban J connectivity index is 2.07. The summed E-state index contributed by atoms with van der Waals surface area (Å²) in [5.74, 6) is 1.29. The van der Waals surface area contributed by atoms with E-state index in [1.54, 1.807) is 0 Å². The van der Waals surface area contributed by atoms with E-state index in [9.17, 15) is 4.79 Å². The van der Waals surface area contributed by atoms with Crippen LogP contribution in [0.15, 0.2) is 10.9 Å². The van der Waals surface area contributed by atoms with Crippen molar-refractivity contribution in [2.75, 3.05) is 0 Å². The first kappa shape index (κ1) is 13.1. The van der Waals surface area contributed by atoms with Gasteiger partial charge in [0.05, 0.1) is 6.07 Å². The molecule has 0 spiro atoms. The van der Waals surface area contributed by atoms with Crippen molar-refractivity contribution in [3.63, 3.8) is 0 Å². The van der Waals surface area contributed by atoms with Crippen molar-refractivity contribution in [3.05, 3.63) is 22.2 Å². The van der Waals surface area contributed by atoms with E-state index in [0.29, 0.717) is 17.7 Å². The second-order valence-electron chi connectivity index (χ2n) is 5.28. The number of hydrogen-bond acceptors (Lipinski definition) is 4. The van der Waals surface area contributed by atoms with Gasteiger partial charge in [-0.05, 0) is 25.7 Å². The lowest BCUT2D eigenvalue weighted by Gasteiger charge is -2.26. The van der Waals surface area contributed by atoms with Crippen LogP contribution in [0.3, 0.4) is 0 Å². The van der Waals surface area contributed by atoms with Crippen LogP contribution in [0.2, 0.25) is 0 Å². The predicted octanol–water partition coefficient (Wildman–Crippen LogP) is 1.54. The molecule has 1 heterocycles. The van der Waals surface area contributed by atoms with Gasteiger partial charge in [-0.2, -0.15) is 4.98 Å². The number of hydrogen-bond donors (Lipinski definition) is 2. The minimum Gasteiger partial charge on any atom is -0.474 e. The number of H-pyrrole nitrogens is 1. The van der Waals surface area contributed by atoms with Crippen LogP contribution in [0.25, 0.3) is 0 Å². The monoisotopic (exact) mass is 251 g/mol. The molecule has 5 heteroatoms. The number of nitrogens with zero attached hydrogens (tertiary/aromatic N) is 1. The second kappa shape index (κ2) is 5.52. The van der Waals surface area contributed by atoms with Crippen LogP contribution in [0.5, 0.6) is 5.88 Å². The summed E-state index contributed by atoms with van der Waals surface area (Å²) < 4.78 is 5.79. The third-order valence-corrected chi connectivity index (χ3v) is 3.29. The Labute approximate surface area is 107 Å². The minimum absolute atomic E-state index is 0.138. The third kappa shape index (κ3) is 3.32. The Morgan fingerprint density at radius 2 is 2.06 bits per heavy atom. The van der Waals surface area contributed by atoms with Gasteiger partial charge >= 0.3 is 0 Å². The van der Waals surface area contributed by atoms with E-state index < -0.39 is 0 Å². The van der Waals surface area contributed by atoms with E-state index in [4.69, 9.17) is 10.5 Å². The highest BCUT2D eigenvalue weighted by molar-refractivity contribution is 5.11. The van der Waals surface area contributed by atoms with Gasteiger partial charge in [0.2, 0.25) is 5.88 Å². The molecule has 0 bridgehead atoms. The van der Waals surface area contributed by atoms with Gasteiger partial charge in [0, 0.05) is 12.0 Å². The lowest BCUT2D eigenvalue weighted by Crippen LogP contribution is -2.32. The fourth-order valence-electron chi connectivity index (χ4n) is 2.16. The molecule has 0 amide bonds. The number of ether oxygens (including phenoxy) is 1. The molecule has 2 rings (SSSR count). The van der Waals surface area contributed by atoms with Crippen LogP contribution < -0.4 is 16.0 Å². The van der Waals surface area contributed by atoms with Crippen molar-refractivity contribution in [2.24, 2.45) is 5.73 Å². The Hall–Kier alpha value is -1.36. The highest BCUT2D eigenvalue weighted by Crippen LogP contribution is 2.21. The molecule has 18 heavy (non-hydrogen) atoms. The zero-order valence-corrected chi connectivity index (χ0v) is 11.0. The number of nitrogens with two attached hydrogens (primary N) is 1. The Morgan fingerprint density at radius 3 is 2.67 bits per heavy atom. The maximum Gasteiger partial charge on any atom is 0.254 e. The normalized spacial score (nSPS) is 24.2. The van der Waals surface area contributed by atoms with Gasteiger partial charge in [-0.3, -0.25) is 4.79 Å². The first-order chi connectivity index (χ1) is 8.54. The van der Waals surface area contributed by atoms with E-state index in [1.807, 2.05) is 13.8 Å². The Bertz CT molecular complexity index is 448. The predicted molar refractivity (Wildman–Crippen MR) is 69.8 cm³/mol. The van der Waals surface area contributed by atoms with Crippen molar-refractivity contribution in [1.29, 1.82) is 0 Å². The second-order valence-corrected chi connectivity index (χ2v) is 5.28. The molecular formula is C13H21N3O2. The molecule has 0 radical (unpaired) electrons. The minimum atomic E-state index is -0.156. The molecule has 1 aliphatic carbocycles. The van der Waals surface area contributed by atoms with Crippen LogP contribution in [-0.2, 0) is 0 Å². The van der Waals surface area contributed by atoms with Crippen LogP contribution in [0.4, 0.5) is 0 Å². The summed E-state index contributed by atoms with van der Waals surface area (Å²) in [6.07, 6.45) is 3.97. The van der Waals surface area contributed by atoms with E-state index in [1.165, 1.54) is 6.07 Å². The third-order valence-electron chi connectivity index (χ3n) is 3.29. The molecule has 0 aromatic carbocycles. The van der Waals surface area contributed by atoms with Gasteiger partial charge in [0.25, 0.3) is 5.56 Å².